The number of carbonyl (C=O) groups is 2. The monoisotopic (exact) mass is 280 g/mol. The lowest BCUT2D eigenvalue weighted by Crippen LogP contribution is -2.33. The van der Waals surface area contributed by atoms with Crippen molar-refractivity contribution in [2.45, 2.75) is 6.92 Å². The number of hydrogen-bond donors (Lipinski definition) is 1. The second-order valence-corrected chi connectivity index (χ2v) is 4.35. The van der Waals surface area contributed by atoms with E-state index in [1.165, 1.54) is 11.9 Å². The second-order valence-electron chi connectivity index (χ2n) is 3.91. The molecule has 0 saturated heterocycles. The summed E-state index contributed by atoms with van der Waals surface area (Å²) in [6.45, 7) is 1.91. The van der Waals surface area contributed by atoms with Gasteiger partial charge in [0.05, 0.1) is 6.61 Å². The highest BCUT2D eigenvalue weighted by Crippen LogP contribution is 2.08. The van der Waals surface area contributed by atoms with E-state index in [9.17, 15) is 9.59 Å². The summed E-state index contributed by atoms with van der Waals surface area (Å²) in [5.41, 5.74) is 6.56. The molecule has 6 heteroatoms. The zero-order valence-corrected chi connectivity index (χ0v) is 11.7. The first-order valence-corrected chi connectivity index (χ1v) is 6.17. The first-order valence-electron chi connectivity index (χ1n) is 5.76. The van der Waals surface area contributed by atoms with Gasteiger partial charge in [0.15, 0.2) is 0 Å². The molecule has 0 aliphatic carbocycles. The summed E-state index contributed by atoms with van der Waals surface area (Å²) in [6, 6.07) is 6.67. The number of nitrogens with two attached hydrogens (primary N) is 1. The molecule has 0 unspecified atom stereocenters. The van der Waals surface area contributed by atoms with Crippen LogP contribution in [0.1, 0.15) is 22.8 Å². The van der Waals surface area contributed by atoms with Gasteiger partial charge in [-0.1, -0.05) is 24.4 Å². The summed E-state index contributed by atoms with van der Waals surface area (Å²) in [6.07, 6.45) is 0. The van der Waals surface area contributed by atoms with E-state index in [1.54, 1.807) is 31.2 Å². The standard InChI is InChI=1S/C13H16N2O3S/c1-3-18-11(16)8-15(2)13(17)10-6-4-5-9(7-10)12(14)19/h4-7H,3,8H2,1-2H3,(H2,14,19). The Morgan fingerprint density at radius 3 is 2.58 bits per heavy atom. The zero-order chi connectivity index (χ0) is 14.4. The van der Waals surface area contributed by atoms with Crippen molar-refractivity contribution >= 4 is 29.1 Å². The number of ether oxygens (including phenoxy) is 1. The maximum atomic E-state index is 12.1. The lowest BCUT2D eigenvalue weighted by Gasteiger charge is -2.16. The maximum absolute atomic E-state index is 12.1. The van der Waals surface area contributed by atoms with Gasteiger partial charge < -0.3 is 15.4 Å². The molecule has 1 aromatic rings. The number of amides is 1. The van der Waals surface area contributed by atoms with Crippen LogP contribution < -0.4 is 5.73 Å². The molecule has 0 spiro atoms. The van der Waals surface area contributed by atoms with E-state index in [-0.39, 0.29) is 24.0 Å². The number of nitrogens with zero attached hydrogens (tertiary/aromatic N) is 1. The van der Waals surface area contributed by atoms with Gasteiger partial charge in [-0.25, -0.2) is 0 Å². The van der Waals surface area contributed by atoms with E-state index >= 15 is 0 Å². The zero-order valence-electron chi connectivity index (χ0n) is 10.9. The van der Waals surface area contributed by atoms with Gasteiger partial charge in [0.1, 0.15) is 11.5 Å². The average Bonchev–Trinajstić information content (AvgIpc) is 2.38. The first kappa shape index (κ1) is 15.1. The number of carbonyl (C=O) groups excluding carboxylic acids is 2. The molecule has 102 valence electrons. The molecule has 0 heterocycles. The summed E-state index contributed by atoms with van der Waals surface area (Å²) < 4.78 is 4.79. The molecular formula is C13H16N2O3S. The van der Waals surface area contributed by atoms with Crippen LogP contribution in [-0.2, 0) is 9.53 Å². The van der Waals surface area contributed by atoms with Crippen molar-refractivity contribution in [2.24, 2.45) is 5.73 Å². The number of likely N-dealkylation sites (N-methyl/N-ethyl adjacent to an activating group) is 1. The number of esters is 1. The van der Waals surface area contributed by atoms with E-state index in [2.05, 4.69) is 0 Å². The predicted molar refractivity (Wildman–Crippen MR) is 75.9 cm³/mol. The third kappa shape index (κ3) is 4.33. The Balaban J connectivity index is 2.79. The summed E-state index contributed by atoms with van der Waals surface area (Å²) >= 11 is 4.86. The summed E-state index contributed by atoms with van der Waals surface area (Å²) in [5.74, 6) is -0.727. The van der Waals surface area contributed by atoms with Crippen molar-refractivity contribution in [2.75, 3.05) is 20.2 Å². The Labute approximate surface area is 117 Å². The minimum atomic E-state index is -0.441. The molecule has 0 aliphatic rings. The molecule has 0 atom stereocenters. The number of rotatable bonds is 5. The van der Waals surface area contributed by atoms with Crippen LogP contribution in [0.5, 0.6) is 0 Å². The van der Waals surface area contributed by atoms with Crippen molar-refractivity contribution in [3.05, 3.63) is 35.4 Å². The lowest BCUT2D eigenvalue weighted by atomic mass is 10.1. The highest BCUT2D eigenvalue weighted by atomic mass is 32.1. The highest BCUT2D eigenvalue weighted by molar-refractivity contribution is 7.80. The van der Waals surface area contributed by atoms with Crippen molar-refractivity contribution < 1.29 is 14.3 Å². The Morgan fingerprint density at radius 1 is 1.37 bits per heavy atom. The smallest absolute Gasteiger partial charge is 0.325 e. The van der Waals surface area contributed by atoms with E-state index < -0.39 is 5.97 Å². The van der Waals surface area contributed by atoms with Crippen LogP contribution >= 0.6 is 12.2 Å². The van der Waals surface area contributed by atoms with Crippen molar-refractivity contribution in [3.8, 4) is 0 Å². The Bertz CT molecular complexity index is 502. The van der Waals surface area contributed by atoms with E-state index in [0.29, 0.717) is 11.1 Å². The van der Waals surface area contributed by atoms with Crippen LogP contribution in [-0.4, -0.2) is 42.0 Å². The Hall–Kier alpha value is -1.95. The fourth-order valence-electron chi connectivity index (χ4n) is 1.50. The maximum Gasteiger partial charge on any atom is 0.325 e. The molecule has 1 rings (SSSR count). The van der Waals surface area contributed by atoms with Crippen LogP contribution in [0.4, 0.5) is 0 Å². The van der Waals surface area contributed by atoms with Gasteiger partial charge in [-0.05, 0) is 19.1 Å². The largest absolute Gasteiger partial charge is 0.465 e. The first-order chi connectivity index (χ1) is 8.95. The van der Waals surface area contributed by atoms with Gasteiger partial charge in [0, 0.05) is 18.2 Å². The third-order valence-electron chi connectivity index (χ3n) is 2.41. The topological polar surface area (TPSA) is 72.6 Å². The number of hydrogen-bond acceptors (Lipinski definition) is 4. The van der Waals surface area contributed by atoms with Gasteiger partial charge in [-0.2, -0.15) is 0 Å². The molecular weight excluding hydrogens is 264 g/mol. The van der Waals surface area contributed by atoms with Gasteiger partial charge in [-0.15, -0.1) is 0 Å². The van der Waals surface area contributed by atoms with Crippen LogP contribution in [0, 0.1) is 0 Å². The fraction of sp³-hybridized carbons (Fsp3) is 0.308. The molecule has 19 heavy (non-hydrogen) atoms. The predicted octanol–water partition coefficient (Wildman–Crippen LogP) is 0.956. The average molecular weight is 280 g/mol. The van der Waals surface area contributed by atoms with Crippen molar-refractivity contribution in [1.82, 2.24) is 4.90 Å². The molecule has 0 aliphatic heterocycles. The van der Waals surface area contributed by atoms with Gasteiger partial charge in [-0.3, -0.25) is 9.59 Å². The third-order valence-corrected chi connectivity index (χ3v) is 2.65. The molecule has 5 nitrogen and oxygen atoms in total. The molecule has 0 bridgehead atoms. The summed E-state index contributed by atoms with van der Waals surface area (Å²) in [4.78, 5) is 24.9. The quantitative estimate of drug-likeness (QED) is 0.642. The van der Waals surface area contributed by atoms with Crippen LogP contribution in [0.2, 0.25) is 0 Å². The molecule has 2 N–H and O–H groups in total. The van der Waals surface area contributed by atoms with Gasteiger partial charge in [0.2, 0.25) is 0 Å². The van der Waals surface area contributed by atoms with E-state index in [4.69, 9.17) is 22.7 Å². The molecule has 0 aromatic heterocycles. The summed E-state index contributed by atoms with van der Waals surface area (Å²) in [5, 5.41) is 0. The normalized spacial score (nSPS) is 9.79. The minimum absolute atomic E-state index is 0.0933. The van der Waals surface area contributed by atoms with Gasteiger partial charge >= 0.3 is 5.97 Å². The van der Waals surface area contributed by atoms with E-state index in [1.807, 2.05) is 0 Å². The lowest BCUT2D eigenvalue weighted by molar-refractivity contribution is -0.143. The molecule has 0 radical (unpaired) electrons. The minimum Gasteiger partial charge on any atom is -0.465 e. The van der Waals surface area contributed by atoms with E-state index in [0.717, 1.165) is 0 Å². The molecule has 1 aromatic carbocycles. The van der Waals surface area contributed by atoms with Crippen molar-refractivity contribution in [3.63, 3.8) is 0 Å². The van der Waals surface area contributed by atoms with Crippen molar-refractivity contribution in [1.29, 1.82) is 0 Å². The Kier molecular flexibility index (Phi) is 5.44. The second kappa shape index (κ2) is 6.84. The highest BCUT2D eigenvalue weighted by Gasteiger charge is 2.16. The van der Waals surface area contributed by atoms with Crippen LogP contribution in [0.25, 0.3) is 0 Å². The van der Waals surface area contributed by atoms with Crippen LogP contribution in [0.15, 0.2) is 24.3 Å². The molecule has 1 amide bonds. The summed E-state index contributed by atoms with van der Waals surface area (Å²) in [7, 11) is 1.53. The molecule has 0 saturated carbocycles. The van der Waals surface area contributed by atoms with Gasteiger partial charge in [0.25, 0.3) is 5.91 Å². The number of thiocarbonyl (C=S) groups is 1. The fourth-order valence-corrected chi connectivity index (χ4v) is 1.62. The van der Waals surface area contributed by atoms with Crippen LogP contribution in [0.3, 0.4) is 0 Å². The number of benzene rings is 1. The SMILES string of the molecule is CCOC(=O)CN(C)C(=O)c1cccc(C(N)=S)c1. The molecule has 0 fully saturated rings. The Morgan fingerprint density at radius 2 is 2.00 bits per heavy atom.